The molecule has 0 aromatic heterocycles. The first kappa shape index (κ1) is 19.3. The van der Waals surface area contributed by atoms with Crippen molar-refractivity contribution in [3.63, 3.8) is 0 Å². The molecule has 17 heavy (non-hydrogen) atoms. The van der Waals surface area contributed by atoms with Crippen molar-refractivity contribution in [2.75, 3.05) is 33.7 Å². The third-order valence-electron chi connectivity index (χ3n) is 3.12. The number of hydrogen-bond acceptors (Lipinski definition) is 2. The topological polar surface area (TPSA) is 15.3 Å². The normalized spacial score (nSPS) is 11.3. The number of nitrogens with zero attached hydrogens (tertiary/aromatic N) is 1. The number of unbranched alkanes of at least 4 members (excludes halogenated alkanes) is 1. The molecule has 0 unspecified atom stereocenters. The fourth-order valence-corrected chi connectivity index (χ4v) is 1.62. The molecule has 0 aromatic rings. The van der Waals surface area contributed by atoms with Crippen LogP contribution in [-0.4, -0.2) is 38.6 Å². The van der Waals surface area contributed by atoms with Crippen molar-refractivity contribution < 1.29 is 0 Å². The molecule has 0 bridgehead atoms. The Kier molecular flexibility index (Phi) is 14.0. The molecule has 0 aliphatic rings. The summed E-state index contributed by atoms with van der Waals surface area (Å²) in [7, 11) is 4.27. The average molecular weight is 244 g/mol. The minimum Gasteiger partial charge on any atom is -0.320 e. The predicted molar refractivity (Wildman–Crippen MR) is 80.7 cm³/mol. The fourth-order valence-electron chi connectivity index (χ4n) is 1.62. The van der Waals surface area contributed by atoms with Gasteiger partial charge in [-0.2, -0.15) is 0 Å². The molecule has 2 heteroatoms. The molecule has 0 heterocycles. The molecule has 0 atom stereocenters. The second kappa shape index (κ2) is 12.4. The fraction of sp³-hybridized carbons (Fsp3) is 1.00. The van der Waals surface area contributed by atoms with Crippen LogP contribution in [0.15, 0.2) is 0 Å². The summed E-state index contributed by atoms with van der Waals surface area (Å²) in [6.45, 7) is 14.6. The van der Waals surface area contributed by atoms with Gasteiger partial charge in [0.1, 0.15) is 0 Å². The zero-order chi connectivity index (χ0) is 13.7. The largest absolute Gasteiger partial charge is 0.320 e. The Balaban J connectivity index is 0. The van der Waals surface area contributed by atoms with Crippen LogP contribution in [-0.2, 0) is 0 Å². The lowest BCUT2D eigenvalue weighted by Gasteiger charge is -2.27. The summed E-state index contributed by atoms with van der Waals surface area (Å²) in [5.41, 5.74) is 0.476. The van der Waals surface area contributed by atoms with Gasteiger partial charge in [-0.05, 0) is 58.4 Å². The second-order valence-corrected chi connectivity index (χ2v) is 5.42. The zero-order valence-electron chi connectivity index (χ0n) is 13.4. The lowest BCUT2D eigenvalue weighted by molar-refractivity contribution is 0.234. The Bertz CT molecular complexity index is 144. The van der Waals surface area contributed by atoms with E-state index in [0.717, 1.165) is 6.54 Å². The van der Waals surface area contributed by atoms with Gasteiger partial charge < -0.3 is 10.2 Å². The molecule has 106 valence electrons. The molecule has 0 fully saturated rings. The van der Waals surface area contributed by atoms with Gasteiger partial charge in [0.2, 0.25) is 0 Å². The molecule has 0 saturated heterocycles. The van der Waals surface area contributed by atoms with Gasteiger partial charge in [0, 0.05) is 0 Å². The predicted octanol–water partition coefficient (Wildman–Crippen LogP) is 3.77. The van der Waals surface area contributed by atoms with Crippen LogP contribution in [0.2, 0.25) is 0 Å². The molecular weight excluding hydrogens is 208 g/mol. The lowest BCUT2D eigenvalue weighted by Crippen LogP contribution is -2.27. The van der Waals surface area contributed by atoms with E-state index < -0.39 is 0 Å². The minimum absolute atomic E-state index is 0.476. The van der Waals surface area contributed by atoms with Gasteiger partial charge >= 0.3 is 0 Å². The van der Waals surface area contributed by atoms with Crippen molar-refractivity contribution in [2.24, 2.45) is 5.41 Å². The van der Waals surface area contributed by atoms with E-state index in [9.17, 15) is 0 Å². The Labute approximate surface area is 110 Å². The summed E-state index contributed by atoms with van der Waals surface area (Å²) >= 11 is 0. The van der Waals surface area contributed by atoms with Crippen molar-refractivity contribution >= 4 is 0 Å². The summed E-state index contributed by atoms with van der Waals surface area (Å²) in [5, 5.41) is 3.23. The van der Waals surface area contributed by atoms with Gasteiger partial charge in [-0.15, -0.1) is 0 Å². The Morgan fingerprint density at radius 1 is 1.06 bits per heavy atom. The van der Waals surface area contributed by atoms with Crippen LogP contribution < -0.4 is 5.32 Å². The molecule has 0 aliphatic heterocycles. The maximum Gasteiger partial charge on any atom is -0.00167 e. The molecule has 0 spiro atoms. The third-order valence-corrected chi connectivity index (χ3v) is 3.12. The van der Waals surface area contributed by atoms with Gasteiger partial charge in [0.15, 0.2) is 0 Å². The van der Waals surface area contributed by atoms with Crippen LogP contribution in [0.4, 0.5) is 0 Å². The molecular formula is C15H36N2. The molecule has 2 nitrogen and oxygen atoms in total. The first-order valence-corrected chi connectivity index (χ1v) is 7.35. The third kappa shape index (κ3) is 13.9. The second-order valence-electron chi connectivity index (χ2n) is 5.42. The molecule has 0 rings (SSSR count). The molecule has 0 radical (unpaired) electrons. The standard InChI is InChI=1S/C13H30N2.C2H6/c1-6-7-11-15(5)12-9-13(2,3)8-10-14-4;1-2/h14H,6-12H2,1-5H3;1-2H3. The summed E-state index contributed by atoms with van der Waals surface area (Å²) in [4.78, 5) is 2.46. The Morgan fingerprint density at radius 2 is 1.65 bits per heavy atom. The van der Waals surface area contributed by atoms with Crippen molar-refractivity contribution in [3.8, 4) is 0 Å². The zero-order valence-corrected chi connectivity index (χ0v) is 13.4. The van der Waals surface area contributed by atoms with Gasteiger partial charge in [0.05, 0.1) is 0 Å². The van der Waals surface area contributed by atoms with Crippen LogP contribution in [0.25, 0.3) is 0 Å². The van der Waals surface area contributed by atoms with Crippen LogP contribution in [0.1, 0.15) is 60.3 Å². The summed E-state index contributed by atoms with van der Waals surface area (Å²) < 4.78 is 0. The smallest absolute Gasteiger partial charge is 0.00167 e. The van der Waals surface area contributed by atoms with E-state index in [1.807, 2.05) is 20.9 Å². The molecule has 0 aliphatic carbocycles. The van der Waals surface area contributed by atoms with Gasteiger partial charge in [0.25, 0.3) is 0 Å². The number of rotatable bonds is 9. The van der Waals surface area contributed by atoms with Gasteiger partial charge in [-0.3, -0.25) is 0 Å². The maximum absolute atomic E-state index is 3.23. The van der Waals surface area contributed by atoms with Crippen LogP contribution in [0.5, 0.6) is 0 Å². The van der Waals surface area contributed by atoms with E-state index in [0.29, 0.717) is 5.41 Å². The maximum atomic E-state index is 3.23. The molecule has 0 aromatic carbocycles. The van der Waals surface area contributed by atoms with Crippen molar-refractivity contribution in [3.05, 3.63) is 0 Å². The van der Waals surface area contributed by atoms with E-state index >= 15 is 0 Å². The van der Waals surface area contributed by atoms with Gasteiger partial charge in [-0.25, -0.2) is 0 Å². The molecule has 0 amide bonds. The van der Waals surface area contributed by atoms with Crippen LogP contribution in [0.3, 0.4) is 0 Å². The van der Waals surface area contributed by atoms with E-state index in [-0.39, 0.29) is 0 Å². The average Bonchev–Trinajstić information content (AvgIpc) is 2.34. The highest BCUT2D eigenvalue weighted by Crippen LogP contribution is 2.24. The first-order chi connectivity index (χ1) is 8.02. The van der Waals surface area contributed by atoms with Crippen molar-refractivity contribution in [2.45, 2.75) is 60.3 Å². The minimum atomic E-state index is 0.476. The van der Waals surface area contributed by atoms with E-state index in [4.69, 9.17) is 0 Å². The van der Waals surface area contributed by atoms with E-state index in [1.165, 1.54) is 38.8 Å². The lowest BCUT2D eigenvalue weighted by atomic mass is 9.85. The highest BCUT2D eigenvalue weighted by Gasteiger charge is 2.17. The number of hydrogen-bond donors (Lipinski definition) is 1. The van der Waals surface area contributed by atoms with Crippen LogP contribution in [0, 0.1) is 5.41 Å². The quantitative estimate of drug-likeness (QED) is 0.664. The highest BCUT2D eigenvalue weighted by molar-refractivity contribution is 4.71. The van der Waals surface area contributed by atoms with Crippen molar-refractivity contribution in [1.29, 1.82) is 0 Å². The molecule has 0 saturated carbocycles. The van der Waals surface area contributed by atoms with E-state index in [2.05, 4.69) is 38.0 Å². The van der Waals surface area contributed by atoms with Crippen LogP contribution >= 0.6 is 0 Å². The van der Waals surface area contributed by atoms with Crippen molar-refractivity contribution in [1.82, 2.24) is 10.2 Å². The first-order valence-electron chi connectivity index (χ1n) is 7.35. The summed E-state index contributed by atoms with van der Waals surface area (Å²) in [6.07, 6.45) is 5.20. The monoisotopic (exact) mass is 244 g/mol. The highest BCUT2D eigenvalue weighted by atomic mass is 15.1. The Morgan fingerprint density at radius 3 is 2.12 bits per heavy atom. The summed E-state index contributed by atoms with van der Waals surface area (Å²) in [6, 6.07) is 0. The summed E-state index contributed by atoms with van der Waals surface area (Å²) in [5.74, 6) is 0. The van der Waals surface area contributed by atoms with Gasteiger partial charge in [-0.1, -0.05) is 41.0 Å². The van der Waals surface area contributed by atoms with E-state index in [1.54, 1.807) is 0 Å². The number of nitrogens with one attached hydrogen (secondary N) is 1. The SMILES string of the molecule is CC.CCCCN(C)CCC(C)(C)CCNC. The molecule has 1 N–H and O–H groups in total. The Hall–Kier alpha value is -0.0800.